The van der Waals surface area contributed by atoms with Crippen LogP contribution in [0.1, 0.15) is 24.0 Å². The fourth-order valence-electron chi connectivity index (χ4n) is 2.36. The van der Waals surface area contributed by atoms with Gasteiger partial charge in [-0.25, -0.2) is 4.79 Å². The Morgan fingerprint density at radius 1 is 1.48 bits per heavy atom. The summed E-state index contributed by atoms with van der Waals surface area (Å²) >= 11 is 0. The molecule has 1 fully saturated rings. The van der Waals surface area contributed by atoms with E-state index in [2.05, 4.69) is 10.6 Å². The molecule has 1 aliphatic rings. The zero-order valence-corrected chi connectivity index (χ0v) is 11.8. The van der Waals surface area contributed by atoms with Crippen LogP contribution in [0.5, 0.6) is 0 Å². The molecule has 112 valence electrons. The molecule has 0 bridgehead atoms. The van der Waals surface area contributed by atoms with Gasteiger partial charge in [-0.3, -0.25) is 9.59 Å². The van der Waals surface area contributed by atoms with Crippen LogP contribution in [-0.4, -0.2) is 35.0 Å². The summed E-state index contributed by atoms with van der Waals surface area (Å²) in [5.41, 5.74) is 1.88. The van der Waals surface area contributed by atoms with Gasteiger partial charge < -0.3 is 15.7 Å². The molecule has 0 saturated carbocycles. The first kappa shape index (κ1) is 15.0. The molecule has 3 N–H and O–H groups in total. The largest absolute Gasteiger partial charge is 0.480 e. The molecule has 1 saturated heterocycles. The molecule has 1 aliphatic heterocycles. The van der Waals surface area contributed by atoms with Crippen LogP contribution in [0, 0.1) is 6.92 Å². The van der Waals surface area contributed by atoms with Crippen LogP contribution in [0.3, 0.4) is 0 Å². The maximum Gasteiger partial charge on any atom is 0.326 e. The van der Waals surface area contributed by atoms with E-state index in [1.54, 1.807) is 0 Å². The molecule has 6 nitrogen and oxygen atoms in total. The number of carboxylic acids is 1. The van der Waals surface area contributed by atoms with E-state index in [1.165, 1.54) is 0 Å². The van der Waals surface area contributed by atoms with Crippen molar-refractivity contribution in [3.8, 4) is 0 Å². The topological polar surface area (TPSA) is 95.5 Å². The van der Waals surface area contributed by atoms with Crippen molar-refractivity contribution < 1.29 is 19.5 Å². The molecule has 1 heterocycles. The highest BCUT2D eigenvalue weighted by Gasteiger charge is 2.30. The number of amides is 2. The average Bonchev–Trinajstić information content (AvgIpc) is 2.84. The third-order valence-electron chi connectivity index (χ3n) is 3.45. The normalized spacial score (nSPS) is 18.9. The molecule has 2 rings (SSSR count). The van der Waals surface area contributed by atoms with Gasteiger partial charge in [-0.15, -0.1) is 0 Å². The number of carbonyl (C=O) groups is 3. The predicted octanol–water partition coefficient (Wildman–Crippen LogP) is 0.386. The number of carboxylic acid groups (broad SMARTS) is 1. The number of aliphatic carboxylic acids is 1. The summed E-state index contributed by atoms with van der Waals surface area (Å²) in [5.74, 6) is -1.71. The zero-order valence-electron chi connectivity index (χ0n) is 11.8. The van der Waals surface area contributed by atoms with Crippen molar-refractivity contribution >= 4 is 17.8 Å². The lowest BCUT2D eigenvalue weighted by molar-refractivity contribution is -0.142. The molecule has 0 radical (unpaired) electrons. The molecule has 0 unspecified atom stereocenters. The van der Waals surface area contributed by atoms with Gasteiger partial charge in [0.1, 0.15) is 12.1 Å². The van der Waals surface area contributed by atoms with E-state index in [-0.39, 0.29) is 12.3 Å². The van der Waals surface area contributed by atoms with Crippen molar-refractivity contribution in [1.29, 1.82) is 0 Å². The Labute approximate surface area is 122 Å². The minimum Gasteiger partial charge on any atom is -0.480 e. The van der Waals surface area contributed by atoms with E-state index in [0.717, 1.165) is 11.1 Å². The predicted molar refractivity (Wildman–Crippen MR) is 75.6 cm³/mol. The van der Waals surface area contributed by atoms with Crippen LogP contribution >= 0.6 is 0 Å². The second-order valence-corrected chi connectivity index (χ2v) is 5.25. The summed E-state index contributed by atoms with van der Waals surface area (Å²) in [6.07, 6.45) is 0.915. The van der Waals surface area contributed by atoms with Gasteiger partial charge in [0, 0.05) is 12.8 Å². The Balaban J connectivity index is 2.00. The van der Waals surface area contributed by atoms with Crippen molar-refractivity contribution in [2.45, 2.75) is 38.3 Å². The van der Waals surface area contributed by atoms with E-state index in [9.17, 15) is 19.5 Å². The lowest BCUT2D eigenvalue weighted by Crippen LogP contribution is -2.49. The van der Waals surface area contributed by atoms with Crippen molar-refractivity contribution in [2.75, 3.05) is 0 Å². The maximum absolute atomic E-state index is 12.0. The lowest BCUT2D eigenvalue weighted by atomic mass is 10.0. The molecule has 2 atom stereocenters. The third-order valence-corrected chi connectivity index (χ3v) is 3.45. The first-order chi connectivity index (χ1) is 9.95. The van der Waals surface area contributed by atoms with Crippen LogP contribution in [0.25, 0.3) is 0 Å². The first-order valence-electron chi connectivity index (χ1n) is 6.84. The standard InChI is InChI=1S/C15H18N2O4/c1-9-3-2-4-10(7-9)8-12(15(20)21)17-14(19)11-5-6-13(18)16-11/h2-4,7,11-12H,5-6,8H2,1H3,(H,16,18)(H,17,19)(H,20,21)/t11-,12+/m1/s1. The second kappa shape index (κ2) is 6.39. The van der Waals surface area contributed by atoms with E-state index in [1.807, 2.05) is 31.2 Å². The minimum atomic E-state index is -1.09. The number of benzene rings is 1. The van der Waals surface area contributed by atoms with Crippen LogP contribution in [-0.2, 0) is 20.8 Å². The quantitative estimate of drug-likeness (QED) is 0.731. The summed E-state index contributed by atoms with van der Waals surface area (Å²) in [7, 11) is 0. The van der Waals surface area contributed by atoms with Crippen LogP contribution in [0.2, 0.25) is 0 Å². The Bertz CT molecular complexity index is 571. The minimum absolute atomic E-state index is 0.180. The molecular formula is C15H18N2O4. The fraction of sp³-hybridized carbons (Fsp3) is 0.400. The molecule has 1 aromatic carbocycles. The first-order valence-corrected chi connectivity index (χ1v) is 6.84. The molecular weight excluding hydrogens is 272 g/mol. The fourth-order valence-corrected chi connectivity index (χ4v) is 2.36. The van der Waals surface area contributed by atoms with Gasteiger partial charge in [-0.1, -0.05) is 29.8 Å². The second-order valence-electron chi connectivity index (χ2n) is 5.25. The molecule has 1 aromatic rings. The average molecular weight is 290 g/mol. The number of hydrogen-bond acceptors (Lipinski definition) is 3. The van der Waals surface area contributed by atoms with Gasteiger partial charge in [0.25, 0.3) is 0 Å². The number of hydrogen-bond donors (Lipinski definition) is 3. The van der Waals surface area contributed by atoms with Gasteiger partial charge >= 0.3 is 5.97 Å². The highest BCUT2D eigenvalue weighted by atomic mass is 16.4. The molecule has 0 spiro atoms. The molecule has 21 heavy (non-hydrogen) atoms. The highest BCUT2D eigenvalue weighted by Crippen LogP contribution is 2.10. The van der Waals surface area contributed by atoms with Gasteiger partial charge in [0.05, 0.1) is 0 Å². The monoisotopic (exact) mass is 290 g/mol. The summed E-state index contributed by atoms with van der Waals surface area (Å²) in [4.78, 5) is 34.4. The number of nitrogens with one attached hydrogen (secondary N) is 2. The molecule has 0 aromatic heterocycles. The van der Waals surface area contributed by atoms with E-state index in [4.69, 9.17) is 0 Å². The molecule has 2 amide bonds. The maximum atomic E-state index is 12.0. The summed E-state index contributed by atoms with van der Waals surface area (Å²) in [6, 6.07) is 5.86. The number of aryl methyl sites for hydroxylation is 1. The summed E-state index contributed by atoms with van der Waals surface area (Å²) in [6.45, 7) is 1.92. The van der Waals surface area contributed by atoms with Crippen molar-refractivity contribution in [1.82, 2.24) is 10.6 Å². The van der Waals surface area contributed by atoms with E-state index >= 15 is 0 Å². The third kappa shape index (κ3) is 4.05. The van der Waals surface area contributed by atoms with Gasteiger partial charge in [-0.05, 0) is 18.9 Å². The van der Waals surface area contributed by atoms with Crippen molar-refractivity contribution in [2.24, 2.45) is 0 Å². The molecule has 6 heteroatoms. The Morgan fingerprint density at radius 3 is 2.81 bits per heavy atom. The lowest BCUT2D eigenvalue weighted by Gasteiger charge is -2.17. The molecule has 0 aliphatic carbocycles. The SMILES string of the molecule is Cc1cccc(C[C@H](NC(=O)[C@H]2CCC(=O)N2)C(=O)O)c1. The Hall–Kier alpha value is -2.37. The van der Waals surface area contributed by atoms with Crippen LogP contribution in [0.4, 0.5) is 0 Å². The Kier molecular flexibility index (Phi) is 4.57. The highest BCUT2D eigenvalue weighted by molar-refractivity contribution is 5.92. The summed E-state index contributed by atoms with van der Waals surface area (Å²) < 4.78 is 0. The van der Waals surface area contributed by atoms with Crippen molar-refractivity contribution in [3.63, 3.8) is 0 Å². The number of carbonyl (C=O) groups excluding carboxylic acids is 2. The van der Waals surface area contributed by atoms with Gasteiger partial charge in [0.2, 0.25) is 11.8 Å². The number of rotatable bonds is 5. The van der Waals surface area contributed by atoms with Gasteiger partial charge in [0.15, 0.2) is 0 Å². The van der Waals surface area contributed by atoms with Crippen molar-refractivity contribution in [3.05, 3.63) is 35.4 Å². The van der Waals surface area contributed by atoms with E-state index < -0.39 is 24.0 Å². The Morgan fingerprint density at radius 2 is 2.24 bits per heavy atom. The zero-order chi connectivity index (χ0) is 15.4. The smallest absolute Gasteiger partial charge is 0.326 e. The van der Waals surface area contributed by atoms with E-state index in [0.29, 0.717) is 12.8 Å². The van der Waals surface area contributed by atoms with Crippen LogP contribution < -0.4 is 10.6 Å². The van der Waals surface area contributed by atoms with Crippen LogP contribution in [0.15, 0.2) is 24.3 Å². The van der Waals surface area contributed by atoms with Gasteiger partial charge in [-0.2, -0.15) is 0 Å². The summed E-state index contributed by atoms with van der Waals surface area (Å²) in [5, 5.41) is 14.3.